The quantitative estimate of drug-likeness (QED) is 0.812. The lowest BCUT2D eigenvalue weighted by molar-refractivity contribution is 0.183. The highest BCUT2D eigenvalue weighted by molar-refractivity contribution is 7.98. The van der Waals surface area contributed by atoms with Crippen molar-refractivity contribution in [1.29, 1.82) is 0 Å². The van der Waals surface area contributed by atoms with Crippen LogP contribution in [0.2, 0.25) is 0 Å². The maximum absolute atomic E-state index is 5.43. The first-order valence-corrected chi connectivity index (χ1v) is 7.01. The maximum Gasteiger partial charge on any atom is 0.0514 e. The standard InChI is InChI=1S/C13H19NOS/c1-10(11-7-8-15-9-11)14-12-5-3-4-6-13(12)16-2/h3-6,10-11,14H,7-9H2,1-2H3. The van der Waals surface area contributed by atoms with Crippen molar-refractivity contribution in [2.75, 3.05) is 24.8 Å². The predicted molar refractivity (Wildman–Crippen MR) is 70.2 cm³/mol. The zero-order valence-electron chi connectivity index (χ0n) is 9.90. The summed E-state index contributed by atoms with van der Waals surface area (Å²) in [5.41, 5.74) is 1.24. The average molecular weight is 237 g/mol. The Morgan fingerprint density at radius 1 is 1.44 bits per heavy atom. The molecule has 1 aromatic rings. The van der Waals surface area contributed by atoms with Crippen LogP contribution in [-0.4, -0.2) is 25.5 Å². The number of para-hydroxylation sites is 1. The minimum Gasteiger partial charge on any atom is -0.381 e. The molecular weight excluding hydrogens is 218 g/mol. The van der Waals surface area contributed by atoms with Crippen LogP contribution in [-0.2, 0) is 4.74 Å². The zero-order valence-corrected chi connectivity index (χ0v) is 10.7. The van der Waals surface area contributed by atoms with Crippen molar-refractivity contribution in [2.45, 2.75) is 24.3 Å². The summed E-state index contributed by atoms with van der Waals surface area (Å²) in [6.07, 6.45) is 3.29. The SMILES string of the molecule is CSc1ccccc1NC(C)C1CCOC1. The van der Waals surface area contributed by atoms with E-state index in [2.05, 4.69) is 42.8 Å². The molecule has 1 aliphatic heterocycles. The molecule has 1 N–H and O–H groups in total. The Kier molecular flexibility index (Phi) is 4.13. The molecule has 2 atom stereocenters. The average Bonchev–Trinajstić information content (AvgIpc) is 2.83. The molecule has 1 heterocycles. The lowest BCUT2D eigenvalue weighted by Crippen LogP contribution is -2.26. The molecule has 88 valence electrons. The molecule has 1 fully saturated rings. The first kappa shape index (κ1) is 11.8. The first-order chi connectivity index (χ1) is 7.81. The molecule has 1 aromatic carbocycles. The summed E-state index contributed by atoms with van der Waals surface area (Å²) in [6, 6.07) is 8.96. The Hall–Kier alpha value is -0.670. The number of hydrogen-bond donors (Lipinski definition) is 1. The highest BCUT2D eigenvalue weighted by Crippen LogP contribution is 2.27. The van der Waals surface area contributed by atoms with Crippen molar-refractivity contribution in [3.8, 4) is 0 Å². The minimum absolute atomic E-state index is 0.482. The van der Waals surface area contributed by atoms with Gasteiger partial charge in [0.2, 0.25) is 0 Å². The van der Waals surface area contributed by atoms with Crippen LogP contribution < -0.4 is 5.32 Å². The summed E-state index contributed by atoms with van der Waals surface area (Å²) in [6.45, 7) is 4.06. The molecule has 0 aromatic heterocycles. The van der Waals surface area contributed by atoms with Crippen LogP contribution >= 0.6 is 11.8 Å². The molecule has 0 saturated carbocycles. The van der Waals surface area contributed by atoms with Gasteiger partial charge in [-0.05, 0) is 31.7 Å². The molecule has 0 aliphatic carbocycles. The molecule has 2 nitrogen and oxygen atoms in total. The second kappa shape index (κ2) is 5.60. The molecule has 0 spiro atoms. The molecule has 2 unspecified atom stereocenters. The number of ether oxygens (including phenoxy) is 1. The second-order valence-corrected chi connectivity index (χ2v) is 5.11. The Bertz CT molecular complexity index is 336. The molecule has 16 heavy (non-hydrogen) atoms. The topological polar surface area (TPSA) is 21.3 Å². The third kappa shape index (κ3) is 2.71. The van der Waals surface area contributed by atoms with Crippen molar-refractivity contribution in [2.24, 2.45) is 5.92 Å². The van der Waals surface area contributed by atoms with Gasteiger partial charge in [-0.2, -0.15) is 0 Å². The van der Waals surface area contributed by atoms with E-state index in [-0.39, 0.29) is 0 Å². The van der Waals surface area contributed by atoms with E-state index in [1.54, 1.807) is 11.8 Å². The lowest BCUT2D eigenvalue weighted by Gasteiger charge is -2.21. The van der Waals surface area contributed by atoms with Crippen molar-refractivity contribution < 1.29 is 4.74 Å². The highest BCUT2D eigenvalue weighted by Gasteiger charge is 2.22. The second-order valence-electron chi connectivity index (χ2n) is 4.26. The number of rotatable bonds is 4. The maximum atomic E-state index is 5.43. The Morgan fingerprint density at radius 3 is 2.94 bits per heavy atom. The van der Waals surface area contributed by atoms with Crippen molar-refractivity contribution in [1.82, 2.24) is 0 Å². The summed E-state index contributed by atoms with van der Waals surface area (Å²) in [7, 11) is 0. The van der Waals surface area contributed by atoms with Gasteiger partial charge in [0, 0.05) is 29.1 Å². The number of nitrogens with one attached hydrogen (secondary N) is 1. The number of anilines is 1. The Morgan fingerprint density at radius 2 is 2.25 bits per heavy atom. The van der Waals surface area contributed by atoms with Crippen LogP contribution in [0.1, 0.15) is 13.3 Å². The smallest absolute Gasteiger partial charge is 0.0514 e. The minimum atomic E-state index is 0.482. The van der Waals surface area contributed by atoms with E-state index < -0.39 is 0 Å². The third-order valence-corrected chi connectivity index (χ3v) is 3.96. The van der Waals surface area contributed by atoms with Gasteiger partial charge in [0.15, 0.2) is 0 Å². The fourth-order valence-corrected chi connectivity index (χ4v) is 2.64. The number of hydrogen-bond acceptors (Lipinski definition) is 3. The molecule has 1 aliphatic rings. The summed E-state index contributed by atoms with van der Waals surface area (Å²) in [4.78, 5) is 1.31. The molecule has 0 bridgehead atoms. The van der Waals surface area contributed by atoms with Gasteiger partial charge in [-0.3, -0.25) is 0 Å². The van der Waals surface area contributed by atoms with Gasteiger partial charge in [-0.25, -0.2) is 0 Å². The molecule has 1 saturated heterocycles. The van der Waals surface area contributed by atoms with Crippen molar-refractivity contribution >= 4 is 17.4 Å². The summed E-state index contributed by atoms with van der Waals surface area (Å²) in [5, 5.41) is 3.60. The molecule has 2 rings (SSSR count). The van der Waals surface area contributed by atoms with Gasteiger partial charge in [0.25, 0.3) is 0 Å². The van der Waals surface area contributed by atoms with Gasteiger partial charge in [0.1, 0.15) is 0 Å². The van der Waals surface area contributed by atoms with E-state index in [4.69, 9.17) is 4.74 Å². The van der Waals surface area contributed by atoms with Crippen molar-refractivity contribution in [3.63, 3.8) is 0 Å². The van der Waals surface area contributed by atoms with Crippen molar-refractivity contribution in [3.05, 3.63) is 24.3 Å². The fraction of sp³-hybridized carbons (Fsp3) is 0.538. The monoisotopic (exact) mass is 237 g/mol. The van der Waals surface area contributed by atoms with E-state index in [0.29, 0.717) is 12.0 Å². The summed E-state index contributed by atoms with van der Waals surface area (Å²) >= 11 is 1.79. The first-order valence-electron chi connectivity index (χ1n) is 5.78. The Labute approximate surface area is 102 Å². The summed E-state index contributed by atoms with van der Waals surface area (Å²) < 4.78 is 5.43. The van der Waals surface area contributed by atoms with Crippen LogP contribution in [0, 0.1) is 5.92 Å². The van der Waals surface area contributed by atoms with Crippen LogP contribution in [0.25, 0.3) is 0 Å². The normalized spacial score (nSPS) is 22.0. The largest absolute Gasteiger partial charge is 0.381 e. The number of thioether (sulfide) groups is 1. The van der Waals surface area contributed by atoms with Gasteiger partial charge < -0.3 is 10.1 Å². The third-order valence-electron chi connectivity index (χ3n) is 3.16. The molecule has 0 radical (unpaired) electrons. The predicted octanol–water partition coefficient (Wildman–Crippen LogP) is 3.25. The fourth-order valence-electron chi connectivity index (χ4n) is 2.07. The highest BCUT2D eigenvalue weighted by atomic mass is 32.2. The van der Waals surface area contributed by atoms with Crippen LogP contribution in [0.15, 0.2) is 29.2 Å². The zero-order chi connectivity index (χ0) is 11.4. The molecule has 3 heteroatoms. The van der Waals surface area contributed by atoms with Gasteiger partial charge in [0.05, 0.1) is 6.61 Å². The van der Waals surface area contributed by atoms with Gasteiger partial charge >= 0.3 is 0 Å². The van der Waals surface area contributed by atoms with Gasteiger partial charge in [-0.1, -0.05) is 12.1 Å². The lowest BCUT2D eigenvalue weighted by atomic mass is 10.0. The van der Waals surface area contributed by atoms with Crippen LogP contribution in [0.3, 0.4) is 0 Å². The van der Waals surface area contributed by atoms with E-state index in [9.17, 15) is 0 Å². The van der Waals surface area contributed by atoms with E-state index in [1.165, 1.54) is 17.0 Å². The molecule has 0 amide bonds. The summed E-state index contributed by atoms with van der Waals surface area (Å²) in [5.74, 6) is 0.648. The van der Waals surface area contributed by atoms with E-state index in [1.807, 2.05) is 0 Å². The van der Waals surface area contributed by atoms with E-state index >= 15 is 0 Å². The molecular formula is C13H19NOS. The van der Waals surface area contributed by atoms with Crippen LogP contribution in [0.4, 0.5) is 5.69 Å². The van der Waals surface area contributed by atoms with E-state index in [0.717, 1.165) is 13.2 Å². The van der Waals surface area contributed by atoms with Crippen LogP contribution in [0.5, 0.6) is 0 Å². The Balaban J connectivity index is 2.01. The van der Waals surface area contributed by atoms with Gasteiger partial charge in [-0.15, -0.1) is 11.8 Å². The number of benzene rings is 1.